The van der Waals surface area contributed by atoms with E-state index in [1.165, 1.54) is 54.9 Å². The molecule has 4 aliphatic carbocycles. The molecule has 4 fully saturated rings. The van der Waals surface area contributed by atoms with Gasteiger partial charge in [-0.15, -0.1) is 0 Å². The molecule has 4 bridgehead atoms. The van der Waals surface area contributed by atoms with Gasteiger partial charge in [-0.05, 0) is 96.2 Å². The fourth-order valence-corrected chi connectivity index (χ4v) is 6.21. The molecule has 4 aliphatic rings. The van der Waals surface area contributed by atoms with Crippen LogP contribution in [0.25, 0.3) is 11.6 Å². The minimum absolute atomic E-state index is 0.298. The molecule has 0 radical (unpaired) electrons. The monoisotopic (exact) mass is 400 g/mol. The molecule has 0 unspecified atom stereocenters. The van der Waals surface area contributed by atoms with E-state index in [1.54, 1.807) is 23.8 Å². The third-order valence-corrected chi connectivity index (χ3v) is 7.23. The van der Waals surface area contributed by atoms with Crippen molar-refractivity contribution in [3.63, 3.8) is 0 Å². The first-order chi connectivity index (χ1) is 14.6. The van der Waals surface area contributed by atoms with Gasteiger partial charge in [0.1, 0.15) is 5.75 Å². The lowest BCUT2D eigenvalue weighted by Crippen LogP contribution is -2.40. The summed E-state index contributed by atoms with van der Waals surface area (Å²) in [7, 11) is 0. The lowest BCUT2D eigenvalue weighted by molar-refractivity contribution is -0.116. The largest absolute Gasteiger partial charge is 0.508 e. The van der Waals surface area contributed by atoms with Crippen molar-refractivity contribution in [1.82, 2.24) is 5.43 Å². The van der Waals surface area contributed by atoms with Gasteiger partial charge in [-0.3, -0.25) is 10.2 Å². The Morgan fingerprint density at radius 3 is 1.93 bits per heavy atom. The van der Waals surface area contributed by atoms with Crippen LogP contribution < -0.4 is 11.3 Å². The van der Waals surface area contributed by atoms with Crippen molar-refractivity contribution in [2.45, 2.75) is 32.1 Å². The maximum absolute atomic E-state index is 11.4. The van der Waals surface area contributed by atoms with Crippen LogP contribution in [0.15, 0.2) is 60.2 Å². The molecule has 0 heterocycles. The average Bonchev–Trinajstić information content (AvgIpc) is 2.75. The third kappa shape index (κ3) is 3.56. The first-order valence-electron chi connectivity index (χ1n) is 10.9. The Hall–Kier alpha value is -2.85. The van der Waals surface area contributed by atoms with Crippen molar-refractivity contribution in [3.05, 3.63) is 76.9 Å². The van der Waals surface area contributed by atoms with Gasteiger partial charge in [0.2, 0.25) is 0 Å². The van der Waals surface area contributed by atoms with Gasteiger partial charge in [0.25, 0.3) is 5.91 Å². The van der Waals surface area contributed by atoms with Crippen molar-refractivity contribution in [2.75, 3.05) is 0 Å². The number of carbonyl (C=O) groups is 1. The van der Waals surface area contributed by atoms with Crippen LogP contribution in [0.2, 0.25) is 0 Å². The number of rotatable bonds is 4. The number of benzene rings is 2. The summed E-state index contributed by atoms with van der Waals surface area (Å²) in [5.41, 5.74) is 8.45. The Labute approximate surface area is 177 Å². The quantitative estimate of drug-likeness (QED) is 0.303. The van der Waals surface area contributed by atoms with E-state index in [0.717, 1.165) is 17.4 Å². The Morgan fingerprint density at radius 1 is 0.867 bits per heavy atom. The highest BCUT2D eigenvalue weighted by molar-refractivity contribution is 5.91. The molecule has 2 aromatic carbocycles. The minimum Gasteiger partial charge on any atom is -0.508 e. The zero-order valence-corrected chi connectivity index (χ0v) is 17.1. The van der Waals surface area contributed by atoms with E-state index in [4.69, 9.17) is 5.84 Å². The van der Waals surface area contributed by atoms with Gasteiger partial charge < -0.3 is 5.11 Å². The Kier molecular flexibility index (Phi) is 4.95. The van der Waals surface area contributed by atoms with E-state index in [0.29, 0.717) is 17.6 Å². The molecule has 0 aromatic heterocycles. The van der Waals surface area contributed by atoms with Crippen LogP contribution in [0, 0.1) is 23.7 Å². The predicted octanol–water partition coefficient (Wildman–Crippen LogP) is 4.65. The molecule has 0 aliphatic heterocycles. The van der Waals surface area contributed by atoms with E-state index in [2.05, 4.69) is 17.6 Å². The molecule has 154 valence electrons. The first kappa shape index (κ1) is 19.1. The average molecular weight is 401 g/mol. The molecule has 2 aromatic rings. The molecular formula is C26H28N2O2. The van der Waals surface area contributed by atoms with Gasteiger partial charge in [-0.1, -0.05) is 42.0 Å². The van der Waals surface area contributed by atoms with Crippen LogP contribution in [0.1, 0.15) is 48.8 Å². The van der Waals surface area contributed by atoms with Crippen molar-refractivity contribution in [2.24, 2.45) is 29.5 Å². The van der Waals surface area contributed by atoms with Crippen LogP contribution in [0.4, 0.5) is 0 Å². The van der Waals surface area contributed by atoms with Crippen LogP contribution >= 0.6 is 0 Å². The zero-order valence-electron chi connectivity index (χ0n) is 17.1. The summed E-state index contributed by atoms with van der Waals surface area (Å²) in [5.74, 6) is 8.33. The second-order valence-corrected chi connectivity index (χ2v) is 9.15. The second-order valence-electron chi connectivity index (χ2n) is 9.15. The summed E-state index contributed by atoms with van der Waals surface area (Å²) < 4.78 is 0. The smallest absolute Gasteiger partial charge is 0.257 e. The highest BCUT2D eigenvalue weighted by Crippen LogP contribution is 2.58. The van der Waals surface area contributed by atoms with Gasteiger partial charge in [0.15, 0.2) is 0 Å². The van der Waals surface area contributed by atoms with Gasteiger partial charge >= 0.3 is 0 Å². The molecule has 0 saturated heterocycles. The summed E-state index contributed by atoms with van der Waals surface area (Å²) in [6, 6.07) is 16.1. The van der Waals surface area contributed by atoms with Crippen molar-refractivity contribution in [3.8, 4) is 5.75 Å². The van der Waals surface area contributed by atoms with Gasteiger partial charge in [-0.2, -0.15) is 0 Å². The van der Waals surface area contributed by atoms with Gasteiger partial charge in [-0.25, -0.2) is 5.84 Å². The molecule has 1 amide bonds. The van der Waals surface area contributed by atoms with Crippen LogP contribution in [-0.4, -0.2) is 11.0 Å². The molecule has 4 saturated carbocycles. The number of phenols is 1. The lowest BCUT2D eigenvalue weighted by Gasteiger charge is -2.52. The fraction of sp³-hybridized carbons (Fsp3) is 0.346. The number of hydrogen-bond acceptors (Lipinski definition) is 3. The van der Waals surface area contributed by atoms with Crippen molar-refractivity contribution < 1.29 is 9.90 Å². The van der Waals surface area contributed by atoms with Gasteiger partial charge in [0, 0.05) is 6.08 Å². The van der Waals surface area contributed by atoms with Gasteiger partial charge in [0.05, 0.1) is 0 Å². The van der Waals surface area contributed by atoms with E-state index in [9.17, 15) is 9.90 Å². The zero-order chi connectivity index (χ0) is 20.7. The Balaban J connectivity index is 1.57. The standard InChI is InChI=1S/C26H28N2O2/c27-28-24(30)10-3-16-1-4-19(5-2-16)25(20-6-8-23(29)9-7-20)26-21-12-17-11-18(14-21)15-22(26)13-17/h1-10,17-18,21-22,29H,11-15,27H2,(H,28,30)/b10-3+,26-25?. The summed E-state index contributed by atoms with van der Waals surface area (Å²) >= 11 is 0. The molecule has 30 heavy (non-hydrogen) atoms. The number of carbonyl (C=O) groups excluding carboxylic acids is 1. The van der Waals surface area contributed by atoms with E-state index >= 15 is 0 Å². The number of allylic oxidation sites excluding steroid dienone is 1. The number of phenolic OH excluding ortho intramolecular Hbond substituents is 1. The van der Waals surface area contributed by atoms with E-state index in [-0.39, 0.29) is 5.91 Å². The molecule has 4 heteroatoms. The second kappa shape index (κ2) is 7.77. The molecule has 0 atom stereocenters. The maximum Gasteiger partial charge on any atom is 0.257 e. The number of nitrogens with two attached hydrogens (primary N) is 1. The molecule has 4 N–H and O–H groups in total. The Morgan fingerprint density at radius 2 is 1.40 bits per heavy atom. The number of nitrogens with one attached hydrogen (secondary N) is 1. The Bertz CT molecular complexity index is 972. The predicted molar refractivity (Wildman–Crippen MR) is 119 cm³/mol. The number of aromatic hydroxyl groups is 1. The molecule has 0 spiro atoms. The minimum atomic E-state index is -0.320. The van der Waals surface area contributed by atoms with E-state index < -0.39 is 0 Å². The summed E-state index contributed by atoms with van der Waals surface area (Å²) in [6.45, 7) is 0. The van der Waals surface area contributed by atoms with Crippen molar-refractivity contribution in [1.29, 1.82) is 0 Å². The number of amides is 1. The number of hydrazine groups is 1. The highest BCUT2D eigenvalue weighted by Gasteiger charge is 2.46. The van der Waals surface area contributed by atoms with Crippen LogP contribution in [0.5, 0.6) is 5.75 Å². The fourth-order valence-electron chi connectivity index (χ4n) is 6.21. The topological polar surface area (TPSA) is 75.3 Å². The van der Waals surface area contributed by atoms with Crippen molar-refractivity contribution >= 4 is 17.6 Å². The highest BCUT2D eigenvalue weighted by atomic mass is 16.3. The summed E-state index contributed by atoms with van der Waals surface area (Å²) in [6.07, 6.45) is 9.97. The summed E-state index contributed by atoms with van der Waals surface area (Å²) in [4.78, 5) is 11.4. The third-order valence-electron chi connectivity index (χ3n) is 7.23. The van der Waals surface area contributed by atoms with Crippen LogP contribution in [-0.2, 0) is 4.79 Å². The lowest BCUT2D eigenvalue weighted by atomic mass is 9.53. The molecule has 6 rings (SSSR count). The van der Waals surface area contributed by atoms with E-state index in [1.807, 2.05) is 24.3 Å². The summed E-state index contributed by atoms with van der Waals surface area (Å²) in [5, 5.41) is 9.82. The van der Waals surface area contributed by atoms with Crippen LogP contribution in [0.3, 0.4) is 0 Å². The maximum atomic E-state index is 11.4. The molecule has 4 nitrogen and oxygen atoms in total. The normalized spacial score (nSPS) is 26.9. The SMILES string of the molecule is NNC(=O)/C=C/c1ccc(C(=C2C3CC4CC(C3)CC2C4)c2ccc(O)cc2)cc1. The first-order valence-corrected chi connectivity index (χ1v) is 10.9. The number of hydrogen-bond donors (Lipinski definition) is 3. The molecular weight excluding hydrogens is 372 g/mol.